The van der Waals surface area contributed by atoms with Gasteiger partial charge in [0, 0.05) is 27.5 Å². The lowest BCUT2D eigenvalue weighted by molar-refractivity contribution is 0.660. The van der Waals surface area contributed by atoms with Crippen LogP contribution in [0, 0.1) is 13.5 Å². The average Bonchev–Trinajstić information content (AvgIpc) is 3.61. The van der Waals surface area contributed by atoms with E-state index in [2.05, 4.69) is 124 Å². The molecule has 0 bridgehead atoms. The maximum Gasteiger partial charge on any atom is 0.187 e. The molecule has 0 unspecified atom stereocenters. The number of hydrogen-bond acceptors (Lipinski definition) is 3. The Hall–Kier alpha value is -6.96. The largest absolute Gasteiger partial charge is 0.238 e. The third kappa shape index (κ3) is 5.61. The highest BCUT2D eigenvalue weighted by molar-refractivity contribution is 5.89. The molecule has 8 aromatic rings. The monoisotopic (exact) mass is 732 g/mol. The maximum absolute atomic E-state index is 7.67. The van der Waals surface area contributed by atoms with E-state index in [1.54, 1.807) is 0 Å². The second kappa shape index (κ2) is 12.8. The van der Waals surface area contributed by atoms with Gasteiger partial charge in [-0.3, -0.25) is 0 Å². The van der Waals surface area contributed by atoms with Crippen LogP contribution in [0.3, 0.4) is 0 Å². The highest BCUT2D eigenvalue weighted by atomic mass is 15.0. The second-order valence-corrected chi connectivity index (χ2v) is 16.5. The van der Waals surface area contributed by atoms with Crippen LogP contribution in [0.2, 0.25) is 0 Å². The lowest BCUT2D eigenvalue weighted by Gasteiger charge is -2.23. The van der Waals surface area contributed by atoms with Crippen LogP contribution in [-0.2, 0) is 10.8 Å². The summed E-state index contributed by atoms with van der Waals surface area (Å²) in [6, 6.07) is 53.8. The van der Waals surface area contributed by atoms with E-state index in [4.69, 9.17) is 21.5 Å². The minimum atomic E-state index is -0.260. The van der Waals surface area contributed by atoms with E-state index >= 15 is 0 Å². The molecule has 0 amide bonds. The van der Waals surface area contributed by atoms with Gasteiger partial charge in [-0.05, 0) is 104 Å². The Kier molecular flexibility index (Phi) is 7.75. The highest BCUT2D eigenvalue weighted by Crippen LogP contribution is 2.52. The molecule has 2 aliphatic rings. The van der Waals surface area contributed by atoms with Crippen LogP contribution in [0.5, 0.6) is 0 Å². The molecule has 0 radical (unpaired) electrons. The smallest absolute Gasteiger partial charge is 0.187 e. The number of nitrogens with zero attached hydrogens (tertiary/aromatic N) is 4. The van der Waals surface area contributed by atoms with Crippen molar-refractivity contribution in [2.24, 2.45) is 0 Å². The normalized spacial score (nSPS) is 14.0. The standard InChI is InChI=1S/C53H40N4/c1-32-17-21-41-42-22-18-35(29-46(42)52(2,3)45(41)25-32)37-26-38(36-19-23-43-44-24-20-40(54-6)31-48(44)53(4,5)47(43)30-36)28-39(27-37)51-56-49(33-13-9-7-10-14-33)55-50(57-51)34-15-11-8-12-16-34/h7-31H,1-5H3. The fraction of sp³-hybridized carbons (Fsp3) is 0.132. The summed E-state index contributed by atoms with van der Waals surface area (Å²) in [5.74, 6) is 1.89. The molecule has 0 spiro atoms. The molecule has 4 nitrogen and oxygen atoms in total. The summed E-state index contributed by atoms with van der Waals surface area (Å²) in [5.41, 5.74) is 19.0. The molecule has 10 rings (SSSR count). The second-order valence-electron chi connectivity index (χ2n) is 16.5. The Labute approximate surface area is 334 Å². The van der Waals surface area contributed by atoms with E-state index in [9.17, 15) is 0 Å². The molecular formula is C53H40N4. The van der Waals surface area contributed by atoms with Crippen molar-refractivity contribution in [3.05, 3.63) is 191 Å². The Bertz CT molecular complexity index is 2910. The summed E-state index contributed by atoms with van der Waals surface area (Å²) in [6.45, 7) is 19.1. The fourth-order valence-corrected chi connectivity index (χ4v) is 9.03. The summed E-state index contributed by atoms with van der Waals surface area (Å²) in [6.07, 6.45) is 0. The predicted molar refractivity (Wildman–Crippen MR) is 233 cm³/mol. The molecule has 272 valence electrons. The van der Waals surface area contributed by atoms with Gasteiger partial charge in [0.15, 0.2) is 23.2 Å². The summed E-state index contributed by atoms with van der Waals surface area (Å²) in [5, 5.41) is 0. The molecule has 0 atom stereocenters. The van der Waals surface area contributed by atoms with Crippen LogP contribution in [0.15, 0.2) is 152 Å². The number of aromatic nitrogens is 3. The molecule has 4 heteroatoms. The molecule has 1 aromatic heterocycles. The molecule has 1 heterocycles. The van der Waals surface area contributed by atoms with Gasteiger partial charge in [-0.1, -0.05) is 155 Å². The molecule has 57 heavy (non-hydrogen) atoms. The number of rotatable bonds is 5. The van der Waals surface area contributed by atoms with Crippen LogP contribution < -0.4 is 0 Å². The lowest BCUT2D eigenvalue weighted by atomic mass is 9.80. The first-order valence-electron chi connectivity index (χ1n) is 19.5. The van der Waals surface area contributed by atoms with Crippen molar-refractivity contribution in [1.29, 1.82) is 0 Å². The number of benzene rings is 7. The number of fused-ring (bicyclic) bond motifs is 6. The van der Waals surface area contributed by atoms with Crippen LogP contribution in [0.25, 0.3) is 83.5 Å². The highest BCUT2D eigenvalue weighted by Gasteiger charge is 2.37. The molecule has 7 aromatic carbocycles. The van der Waals surface area contributed by atoms with E-state index in [1.165, 1.54) is 50.1 Å². The van der Waals surface area contributed by atoms with E-state index in [0.29, 0.717) is 23.2 Å². The molecule has 0 N–H and O–H groups in total. The van der Waals surface area contributed by atoms with Gasteiger partial charge in [-0.15, -0.1) is 0 Å². The minimum Gasteiger partial charge on any atom is -0.238 e. The quantitative estimate of drug-likeness (QED) is 0.166. The van der Waals surface area contributed by atoms with Crippen molar-refractivity contribution in [3.63, 3.8) is 0 Å². The molecule has 0 saturated heterocycles. The van der Waals surface area contributed by atoms with Crippen molar-refractivity contribution in [1.82, 2.24) is 15.0 Å². The van der Waals surface area contributed by atoms with E-state index in [0.717, 1.165) is 38.9 Å². The van der Waals surface area contributed by atoms with Crippen molar-refractivity contribution < 1.29 is 0 Å². The predicted octanol–water partition coefficient (Wildman–Crippen LogP) is 13.7. The van der Waals surface area contributed by atoms with Crippen molar-refractivity contribution in [3.8, 4) is 78.7 Å². The van der Waals surface area contributed by atoms with E-state index < -0.39 is 0 Å². The molecule has 2 aliphatic carbocycles. The van der Waals surface area contributed by atoms with Crippen molar-refractivity contribution in [2.75, 3.05) is 0 Å². The van der Waals surface area contributed by atoms with E-state index in [-0.39, 0.29) is 10.8 Å². The fourth-order valence-electron chi connectivity index (χ4n) is 9.03. The van der Waals surface area contributed by atoms with Gasteiger partial charge in [0.2, 0.25) is 0 Å². The Morgan fingerprint density at radius 1 is 0.386 bits per heavy atom. The van der Waals surface area contributed by atoms with Crippen molar-refractivity contribution in [2.45, 2.75) is 45.4 Å². The zero-order valence-electron chi connectivity index (χ0n) is 32.7. The molecular weight excluding hydrogens is 693 g/mol. The zero-order chi connectivity index (χ0) is 39.1. The summed E-state index contributed by atoms with van der Waals surface area (Å²) in [7, 11) is 0. The number of aryl methyl sites for hydroxylation is 1. The first-order chi connectivity index (χ1) is 27.6. The van der Waals surface area contributed by atoms with Gasteiger partial charge in [0.1, 0.15) is 0 Å². The van der Waals surface area contributed by atoms with Crippen LogP contribution in [0.1, 0.15) is 55.5 Å². The van der Waals surface area contributed by atoms with Gasteiger partial charge in [-0.2, -0.15) is 0 Å². The van der Waals surface area contributed by atoms with Crippen LogP contribution in [-0.4, -0.2) is 15.0 Å². The van der Waals surface area contributed by atoms with Gasteiger partial charge in [0.25, 0.3) is 0 Å². The number of hydrogen-bond donors (Lipinski definition) is 0. The first kappa shape index (κ1) is 34.5. The van der Waals surface area contributed by atoms with Crippen LogP contribution >= 0.6 is 0 Å². The lowest BCUT2D eigenvalue weighted by Crippen LogP contribution is -2.15. The topological polar surface area (TPSA) is 43.0 Å². The summed E-state index contributed by atoms with van der Waals surface area (Å²) < 4.78 is 0. The van der Waals surface area contributed by atoms with Crippen LogP contribution in [0.4, 0.5) is 5.69 Å². The van der Waals surface area contributed by atoms with E-state index in [1.807, 2.05) is 66.7 Å². The Morgan fingerprint density at radius 3 is 1.28 bits per heavy atom. The van der Waals surface area contributed by atoms with Gasteiger partial charge < -0.3 is 0 Å². The third-order valence-electron chi connectivity index (χ3n) is 12.2. The van der Waals surface area contributed by atoms with Gasteiger partial charge in [-0.25, -0.2) is 19.8 Å². The molecule has 0 aliphatic heterocycles. The Morgan fingerprint density at radius 2 is 0.789 bits per heavy atom. The molecule has 0 saturated carbocycles. The van der Waals surface area contributed by atoms with Gasteiger partial charge >= 0.3 is 0 Å². The van der Waals surface area contributed by atoms with Gasteiger partial charge in [0.05, 0.1) is 6.57 Å². The average molecular weight is 733 g/mol. The Balaban J connectivity index is 1.18. The SMILES string of the molecule is [C-]#[N+]c1ccc2c(c1)C(C)(C)c1cc(-c3cc(-c4ccc5c(c4)C(C)(C)c4cc(C)ccc4-5)cc(-c4nc(-c5ccccc5)nc(-c5ccccc5)n4)c3)ccc1-2. The minimum absolute atomic E-state index is 0.135. The third-order valence-corrected chi connectivity index (χ3v) is 12.2. The maximum atomic E-state index is 7.67. The summed E-state index contributed by atoms with van der Waals surface area (Å²) >= 11 is 0. The first-order valence-corrected chi connectivity index (χ1v) is 19.5. The molecule has 0 fully saturated rings. The van der Waals surface area contributed by atoms with Crippen molar-refractivity contribution >= 4 is 5.69 Å². The summed E-state index contributed by atoms with van der Waals surface area (Å²) in [4.78, 5) is 19.1. The zero-order valence-corrected chi connectivity index (χ0v) is 32.7.